The lowest BCUT2D eigenvalue weighted by atomic mass is 10.1. The lowest BCUT2D eigenvalue weighted by molar-refractivity contribution is 0.629. The summed E-state index contributed by atoms with van der Waals surface area (Å²) >= 11 is 1.42. The molecule has 0 spiro atoms. The summed E-state index contributed by atoms with van der Waals surface area (Å²) in [6.07, 6.45) is 1.67. The molecule has 0 saturated heterocycles. The third-order valence-corrected chi connectivity index (χ3v) is 4.34. The minimum atomic E-state index is -0.300. The quantitative estimate of drug-likeness (QED) is 0.656. The van der Waals surface area contributed by atoms with Crippen LogP contribution in [0, 0.1) is 17.1 Å². The SMILES string of the molecule is CCN=c1scc(-c2ccccc2F)n1/N=C\c1ccc(C#N)cc1. The molecule has 25 heavy (non-hydrogen) atoms. The van der Waals surface area contributed by atoms with E-state index in [1.54, 1.807) is 41.2 Å². The molecule has 2 aromatic carbocycles. The van der Waals surface area contributed by atoms with Crippen LogP contribution in [0.15, 0.2) is 64.0 Å². The minimum absolute atomic E-state index is 0.300. The van der Waals surface area contributed by atoms with Crippen LogP contribution in [0.25, 0.3) is 11.3 Å². The third kappa shape index (κ3) is 3.73. The Morgan fingerprint density at radius 3 is 2.64 bits per heavy atom. The van der Waals surface area contributed by atoms with E-state index in [2.05, 4.69) is 16.2 Å². The maximum Gasteiger partial charge on any atom is 0.206 e. The number of nitriles is 1. The van der Waals surface area contributed by atoms with Gasteiger partial charge in [-0.3, -0.25) is 4.99 Å². The first-order chi connectivity index (χ1) is 12.2. The molecule has 0 aliphatic rings. The number of hydrogen-bond acceptors (Lipinski definition) is 4. The smallest absolute Gasteiger partial charge is 0.206 e. The molecule has 1 heterocycles. The highest BCUT2D eigenvalue weighted by Crippen LogP contribution is 2.23. The topological polar surface area (TPSA) is 53.4 Å². The Labute approximate surface area is 148 Å². The minimum Gasteiger partial charge on any atom is -0.258 e. The fraction of sp³-hybridized carbons (Fsp3) is 0.105. The van der Waals surface area contributed by atoms with Crippen LogP contribution in [0.4, 0.5) is 4.39 Å². The van der Waals surface area contributed by atoms with Crippen LogP contribution in [-0.2, 0) is 0 Å². The molecule has 6 heteroatoms. The van der Waals surface area contributed by atoms with Crippen LogP contribution in [0.3, 0.4) is 0 Å². The van der Waals surface area contributed by atoms with Gasteiger partial charge in [0, 0.05) is 17.5 Å². The molecule has 0 amide bonds. The summed E-state index contributed by atoms with van der Waals surface area (Å²) in [7, 11) is 0. The molecule has 0 bridgehead atoms. The Hall–Kier alpha value is -3.04. The van der Waals surface area contributed by atoms with Crippen LogP contribution in [0.5, 0.6) is 0 Å². The Morgan fingerprint density at radius 2 is 1.96 bits per heavy atom. The molecule has 0 saturated carbocycles. The van der Waals surface area contributed by atoms with Crippen molar-refractivity contribution in [3.05, 3.63) is 75.7 Å². The number of rotatable bonds is 4. The van der Waals surface area contributed by atoms with Gasteiger partial charge in [-0.2, -0.15) is 10.4 Å². The second-order valence-corrected chi connectivity index (χ2v) is 5.98. The molecule has 3 aromatic rings. The Bertz CT molecular complexity index is 1010. The van der Waals surface area contributed by atoms with Crippen molar-refractivity contribution in [3.63, 3.8) is 0 Å². The van der Waals surface area contributed by atoms with E-state index in [1.165, 1.54) is 17.4 Å². The third-order valence-electron chi connectivity index (χ3n) is 3.49. The average Bonchev–Trinajstić information content (AvgIpc) is 3.03. The highest BCUT2D eigenvalue weighted by molar-refractivity contribution is 7.07. The van der Waals surface area contributed by atoms with Crippen molar-refractivity contribution in [3.8, 4) is 17.3 Å². The Morgan fingerprint density at radius 1 is 1.20 bits per heavy atom. The van der Waals surface area contributed by atoms with Crippen LogP contribution in [0.2, 0.25) is 0 Å². The first-order valence-corrected chi connectivity index (χ1v) is 8.61. The molecule has 1 aromatic heterocycles. The van der Waals surface area contributed by atoms with Gasteiger partial charge < -0.3 is 0 Å². The molecule has 0 fully saturated rings. The molecular weight excluding hydrogens is 335 g/mol. The molecular formula is C19H15FN4S. The second-order valence-electron chi connectivity index (χ2n) is 5.15. The van der Waals surface area contributed by atoms with Crippen molar-refractivity contribution < 1.29 is 4.39 Å². The summed E-state index contributed by atoms with van der Waals surface area (Å²) in [5, 5.41) is 15.2. The fourth-order valence-electron chi connectivity index (χ4n) is 2.28. The van der Waals surface area contributed by atoms with Crippen molar-refractivity contribution in [1.82, 2.24) is 4.68 Å². The normalized spacial score (nSPS) is 11.8. The summed E-state index contributed by atoms with van der Waals surface area (Å²) in [4.78, 5) is 5.12. The molecule has 4 nitrogen and oxygen atoms in total. The maximum atomic E-state index is 14.2. The molecule has 0 atom stereocenters. The van der Waals surface area contributed by atoms with Crippen molar-refractivity contribution >= 4 is 17.6 Å². The van der Waals surface area contributed by atoms with E-state index < -0.39 is 0 Å². The average molecular weight is 350 g/mol. The van der Waals surface area contributed by atoms with Gasteiger partial charge >= 0.3 is 0 Å². The monoisotopic (exact) mass is 350 g/mol. The summed E-state index contributed by atoms with van der Waals surface area (Å²) in [6, 6.07) is 15.8. The van der Waals surface area contributed by atoms with Crippen molar-refractivity contribution in [2.45, 2.75) is 6.92 Å². The van der Waals surface area contributed by atoms with Crippen LogP contribution >= 0.6 is 11.3 Å². The predicted octanol–water partition coefficient (Wildman–Crippen LogP) is 4.03. The first-order valence-electron chi connectivity index (χ1n) is 7.73. The van der Waals surface area contributed by atoms with Crippen molar-refractivity contribution in [1.29, 1.82) is 5.26 Å². The lowest BCUT2D eigenvalue weighted by Gasteiger charge is -2.04. The summed E-state index contributed by atoms with van der Waals surface area (Å²) < 4.78 is 15.8. The lowest BCUT2D eigenvalue weighted by Crippen LogP contribution is -2.12. The van der Waals surface area contributed by atoms with Crippen LogP contribution in [0.1, 0.15) is 18.1 Å². The van der Waals surface area contributed by atoms with Gasteiger partial charge in [0.05, 0.1) is 23.5 Å². The van der Waals surface area contributed by atoms with Crippen molar-refractivity contribution in [2.24, 2.45) is 10.1 Å². The second kappa shape index (κ2) is 7.69. The number of nitrogens with zero attached hydrogens (tertiary/aromatic N) is 4. The highest BCUT2D eigenvalue weighted by Gasteiger charge is 2.11. The van der Waals surface area contributed by atoms with Gasteiger partial charge in [-0.05, 0) is 36.8 Å². The first kappa shape index (κ1) is 16.8. The summed E-state index contributed by atoms with van der Waals surface area (Å²) in [6.45, 7) is 2.56. The zero-order valence-electron chi connectivity index (χ0n) is 13.6. The van der Waals surface area contributed by atoms with Gasteiger partial charge in [0.15, 0.2) is 0 Å². The van der Waals surface area contributed by atoms with E-state index in [4.69, 9.17) is 5.26 Å². The number of halogens is 1. The van der Waals surface area contributed by atoms with Gasteiger partial charge in [0.2, 0.25) is 4.80 Å². The Kier molecular flexibility index (Phi) is 5.17. The summed E-state index contributed by atoms with van der Waals surface area (Å²) in [5.41, 5.74) is 2.57. The van der Waals surface area contributed by atoms with E-state index in [0.29, 0.717) is 28.2 Å². The molecule has 0 aliphatic heterocycles. The van der Waals surface area contributed by atoms with E-state index >= 15 is 0 Å². The van der Waals surface area contributed by atoms with Crippen LogP contribution in [-0.4, -0.2) is 17.4 Å². The van der Waals surface area contributed by atoms with E-state index in [0.717, 1.165) is 5.56 Å². The molecule has 124 valence electrons. The van der Waals surface area contributed by atoms with E-state index in [-0.39, 0.29) is 5.82 Å². The maximum absolute atomic E-state index is 14.2. The number of thiazole rings is 1. The zero-order chi connectivity index (χ0) is 17.6. The molecule has 0 unspecified atom stereocenters. The van der Waals surface area contributed by atoms with E-state index in [1.807, 2.05) is 24.4 Å². The van der Waals surface area contributed by atoms with Gasteiger partial charge in [0.25, 0.3) is 0 Å². The van der Waals surface area contributed by atoms with E-state index in [9.17, 15) is 4.39 Å². The molecule has 3 rings (SSSR count). The Balaban J connectivity index is 2.06. The molecule has 0 N–H and O–H groups in total. The van der Waals surface area contributed by atoms with Gasteiger partial charge in [-0.1, -0.05) is 24.3 Å². The number of hydrogen-bond donors (Lipinski definition) is 0. The molecule has 0 aliphatic carbocycles. The standard InChI is InChI=1S/C19H15FN4S/c1-2-22-19-24(23-12-15-9-7-14(11-21)8-10-15)18(13-25-19)16-5-3-4-6-17(16)20/h3-10,12-13H,2H2,1H3/b22-19?,23-12-. The predicted molar refractivity (Wildman–Crippen MR) is 98.0 cm³/mol. The van der Waals surface area contributed by atoms with Crippen LogP contribution < -0.4 is 4.80 Å². The molecule has 0 radical (unpaired) electrons. The number of aromatic nitrogens is 1. The van der Waals surface area contributed by atoms with Gasteiger partial charge in [0.1, 0.15) is 5.82 Å². The highest BCUT2D eigenvalue weighted by atomic mass is 32.1. The van der Waals surface area contributed by atoms with Crippen molar-refractivity contribution in [2.75, 3.05) is 6.54 Å². The summed E-state index contributed by atoms with van der Waals surface area (Å²) in [5.74, 6) is -0.300. The van der Waals surface area contributed by atoms with Gasteiger partial charge in [-0.15, -0.1) is 11.3 Å². The largest absolute Gasteiger partial charge is 0.258 e. The fourth-order valence-corrected chi connectivity index (χ4v) is 3.17. The zero-order valence-corrected chi connectivity index (χ0v) is 14.4. The number of benzene rings is 2. The van der Waals surface area contributed by atoms with Gasteiger partial charge in [-0.25, -0.2) is 9.07 Å².